The molecule has 0 rings (SSSR count). The fourth-order valence-corrected chi connectivity index (χ4v) is 0.729. The number of carbonyl (C=O) groups excluding carboxylic acids is 1. The highest BCUT2D eigenvalue weighted by molar-refractivity contribution is 5.77. The number of terminal acetylenes is 2. The molecule has 0 atom stereocenters. The van der Waals surface area contributed by atoms with Crippen LogP contribution in [-0.2, 0) is 4.79 Å². The highest BCUT2D eigenvalue weighted by atomic mass is 16.1. The number of rotatable bonds is 6. The third-order valence-electron chi connectivity index (χ3n) is 1.33. The summed E-state index contributed by atoms with van der Waals surface area (Å²) >= 11 is 0. The number of unbranched alkanes of at least 4 members (excludes halogenated alkanes) is 1. The second-order valence-corrected chi connectivity index (χ2v) is 2.47. The molecule has 0 saturated heterocycles. The Kier molecular flexibility index (Phi) is 7.68. The first kappa shape index (κ1) is 11.6. The van der Waals surface area contributed by atoms with E-state index in [-0.39, 0.29) is 12.5 Å². The monoisotopic (exact) mass is 178 g/mol. The van der Waals surface area contributed by atoms with Crippen LogP contribution in [0.1, 0.15) is 12.8 Å². The zero-order chi connectivity index (χ0) is 9.94. The van der Waals surface area contributed by atoms with Crippen molar-refractivity contribution >= 4 is 5.91 Å². The molecule has 0 aromatic heterocycles. The average Bonchev–Trinajstić information content (AvgIpc) is 2.13. The molecule has 0 unspecified atom stereocenters. The van der Waals surface area contributed by atoms with E-state index in [4.69, 9.17) is 12.8 Å². The standard InChI is InChI=1S/C10H14N2O/c1-3-5-6-8-12-10(13)9-11-7-4-2/h1-2,11H,5-9H2,(H,12,13). The van der Waals surface area contributed by atoms with Crippen LogP contribution >= 0.6 is 0 Å². The SMILES string of the molecule is C#CCCCNC(=O)CNCC#C. The molecule has 0 bridgehead atoms. The van der Waals surface area contributed by atoms with Crippen molar-refractivity contribution in [3.8, 4) is 24.7 Å². The molecule has 0 aromatic rings. The van der Waals surface area contributed by atoms with E-state index in [9.17, 15) is 4.79 Å². The van der Waals surface area contributed by atoms with Crippen molar-refractivity contribution in [2.75, 3.05) is 19.6 Å². The van der Waals surface area contributed by atoms with E-state index in [1.54, 1.807) is 0 Å². The van der Waals surface area contributed by atoms with Crippen LogP contribution in [0.25, 0.3) is 0 Å². The number of hydrogen-bond donors (Lipinski definition) is 2. The van der Waals surface area contributed by atoms with Crippen molar-refractivity contribution in [1.29, 1.82) is 0 Å². The van der Waals surface area contributed by atoms with Gasteiger partial charge in [0.1, 0.15) is 0 Å². The summed E-state index contributed by atoms with van der Waals surface area (Å²) < 4.78 is 0. The molecule has 0 heterocycles. The second-order valence-electron chi connectivity index (χ2n) is 2.47. The molecule has 0 radical (unpaired) electrons. The van der Waals surface area contributed by atoms with Crippen molar-refractivity contribution in [1.82, 2.24) is 10.6 Å². The van der Waals surface area contributed by atoms with Gasteiger partial charge < -0.3 is 5.32 Å². The van der Waals surface area contributed by atoms with Gasteiger partial charge in [-0.3, -0.25) is 10.1 Å². The molecule has 0 spiro atoms. The van der Waals surface area contributed by atoms with Gasteiger partial charge in [-0.1, -0.05) is 5.92 Å². The van der Waals surface area contributed by atoms with Gasteiger partial charge in [-0.05, 0) is 6.42 Å². The van der Waals surface area contributed by atoms with Gasteiger partial charge in [0.2, 0.25) is 5.91 Å². The van der Waals surface area contributed by atoms with Gasteiger partial charge in [0.25, 0.3) is 0 Å². The van der Waals surface area contributed by atoms with E-state index in [2.05, 4.69) is 22.5 Å². The van der Waals surface area contributed by atoms with Gasteiger partial charge in [0.05, 0.1) is 13.1 Å². The number of amides is 1. The average molecular weight is 178 g/mol. The fourth-order valence-electron chi connectivity index (χ4n) is 0.729. The predicted octanol–water partition coefficient (Wildman–Crippen LogP) is -0.261. The first-order valence-electron chi connectivity index (χ1n) is 4.15. The van der Waals surface area contributed by atoms with Crippen molar-refractivity contribution in [2.24, 2.45) is 0 Å². The van der Waals surface area contributed by atoms with Crippen LogP contribution in [0.3, 0.4) is 0 Å². The molecule has 0 fully saturated rings. The third-order valence-corrected chi connectivity index (χ3v) is 1.33. The maximum absolute atomic E-state index is 11.0. The van der Waals surface area contributed by atoms with Crippen LogP contribution in [0.5, 0.6) is 0 Å². The highest BCUT2D eigenvalue weighted by Gasteiger charge is 1.97. The Morgan fingerprint density at radius 2 is 2.08 bits per heavy atom. The summed E-state index contributed by atoms with van der Waals surface area (Å²) in [5.74, 6) is 4.83. The van der Waals surface area contributed by atoms with E-state index in [0.29, 0.717) is 19.5 Å². The zero-order valence-corrected chi connectivity index (χ0v) is 7.60. The van der Waals surface area contributed by atoms with Gasteiger partial charge in [-0.25, -0.2) is 0 Å². The quantitative estimate of drug-likeness (QED) is 0.434. The Morgan fingerprint density at radius 3 is 2.69 bits per heavy atom. The summed E-state index contributed by atoms with van der Waals surface area (Å²) in [5.41, 5.74) is 0. The lowest BCUT2D eigenvalue weighted by molar-refractivity contribution is -0.120. The molecule has 0 aliphatic rings. The van der Waals surface area contributed by atoms with Gasteiger partial charge in [0, 0.05) is 13.0 Å². The Bertz CT molecular complexity index is 222. The fraction of sp³-hybridized carbons (Fsp3) is 0.500. The van der Waals surface area contributed by atoms with Crippen molar-refractivity contribution in [3.63, 3.8) is 0 Å². The minimum atomic E-state index is -0.0488. The molecule has 0 saturated carbocycles. The molecule has 0 aliphatic carbocycles. The Morgan fingerprint density at radius 1 is 1.31 bits per heavy atom. The van der Waals surface area contributed by atoms with E-state index in [1.807, 2.05) is 0 Å². The van der Waals surface area contributed by atoms with E-state index in [0.717, 1.165) is 6.42 Å². The molecule has 70 valence electrons. The number of nitrogens with one attached hydrogen (secondary N) is 2. The zero-order valence-electron chi connectivity index (χ0n) is 7.60. The van der Waals surface area contributed by atoms with Crippen molar-refractivity contribution in [3.05, 3.63) is 0 Å². The largest absolute Gasteiger partial charge is 0.355 e. The smallest absolute Gasteiger partial charge is 0.233 e. The predicted molar refractivity (Wildman–Crippen MR) is 52.8 cm³/mol. The molecule has 0 aliphatic heterocycles. The molecule has 3 heteroatoms. The molecule has 1 amide bonds. The minimum Gasteiger partial charge on any atom is -0.355 e. The maximum atomic E-state index is 11.0. The second kappa shape index (κ2) is 8.64. The Labute approximate surface area is 79.3 Å². The van der Waals surface area contributed by atoms with Crippen LogP contribution in [0.4, 0.5) is 0 Å². The van der Waals surface area contributed by atoms with Crippen LogP contribution in [0, 0.1) is 24.7 Å². The third kappa shape index (κ3) is 8.46. The molecule has 2 N–H and O–H groups in total. The molecular formula is C10H14N2O. The van der Waals surface area contributed by atoms with Gasteiger partial charge in [-0.15, -0.1) is 18.8 Å². The normalized spacial score (nSPS) is 8.46. The van der Waals surface area contributed by atoms with E-state index >= 15 is 0 Å². The summed E-state index contributed by atoms with van der Waals surface area (Å²) in [5, 5.41) is 5.50. The summed E-state index contributed by atoms with van der Waals surface area (Å²) in [6.45, 7) is 1.30. The summed E-state index contributed by atoms with van der Waals surface area (Å²) in [6, 6.07) is 0. The van der Waals surface area contributed by atoms with E-state index < -0.39 is 0 Å². The molecule has 3 nitrogen and oxygen atoms in total. The minimum absolute atomic E-state index is 0.0488. The first-order valence-corrected chi connectivity index (χ1v) is 4.15. The lowest BCUT2D eigenvalue weighted by atomic mass is 10.3. The van der Waals surface area contributed by atoms with Gasteiger partial charge >= 0.3 is 0 Å². The van der Waals surface area contributed by atoms with Crippen LogP contribution < -0.4 is 10.6 Å². The topological polar surface area (TPSA) is 41.1 Å². The van der Waals surface area contributed by atoms with Crippen LogP contribution in [0.15, 0.2) is 0 Å². The molecule has 13 heavy (non-hydrogen) atoms. The highest BCUT2D eigenvalue weighted by Crippen LogP contribution is 1.81. The van der Waals surface area contributed by atoms with Crippen molar-refractivity contribution < 1.29 is 4.79 Å². The Hall–Kier alpha value is -1.45. The van der Waals surface area contributed by atoms with Gasteiger partial charge in [-0.2, -0.15) is 0 Å². The summed E-state index contributed by atoms with van der Waals surface area (Å²) in [4.78, 5) is 11.0. The van der Waals surface area contributed by atoms with E-state index in [1.165, 1.54) is 0 Å². The van der Waals surface area contributed by atoms with Crippen molar-refractivity contribution in [2.45, 2.75) is 12.8 Å². The summed E-state index contributed by atoms with van der Waals surface area (Å²) in [6.07, 6.45) is 11.5. The Balaban J connectivity index is 3.22. The first-order chi connectivity index (χ1) is 6.31. The lowest BCUT2D eigenvalue weighted by Gasteiger charge is -2.03. The maximum Gasteiger partial charge on any atom is 0.233 e. The van der Waals surface area contributed by atoms with Gasteiger partial charge in [0.15, 0.2) is 0 Å². The number of hydrogen-bond acceptors (Lipinski definition) is 2. The van der Waals surface area contributed by atoms with Crippen LogP contribution in [-0.4, -0.2) is 25.5 Å². The van der Waals surface area contributed by atoms with Crippen LogP contribution in [0.2, 0.25) is 0 Å². The molecule has 0 aromatic carbocycles. The lowest BCUT2D eigenvalue weighted by Crippen LogP contribution is -2.34. The summed E-state index contributed by atoms with van der Waals surface area (Å²) in [7, 11) is 0. The molecular weight excluding hydrogens is 164 g/mol. The number of carbonyl (C=O) groups is 1.